The maximum absolute atomic E-state index is 4.44. The van der Waals surface area contributed by atoms with Gasteiger partial charge in [-0.05, 0) is 12.8 Å². The van der Waals surface area contributed by atoms with Crippen molar-refractivity contribution in [2.24, 2.45) is 0 Å². The summed E-state index contributed by atoms with van der Waals surface area (Å²) in [6, 6.07) is 10.6. The van der Waals surface area contributed by atoms with Crippen LogP contribution in [0.2, 0.25) is 0 Å². The summed E-state index contributed by atoms with van der Waals surface area (Å²) in [5.41, 5.74) is 1.85. The summed E-state index contributed by atoms with van der Waals surface area (Å²) >= 11 is 0. The van der Waals surface area contributed by atoms with Crippen LogP contribution in [0.4, 0.5) is 5.82 Å². The minimum atomic E-state index is 0.514. The van der Waals surface area contributed by atoms with Crippen molar-refractivity contribution in [3.05, 3.63) is 42.7 Å². The standard InChI is InChI=1S/C16H17N5/c1-2-6-12(7-3-1)15-19-20-16-14(17-10-11-21(15)16)18-13-8-4-5-9-13/h1-3,6-7,10-11,13H,4-5,8-9H2,(H,17,18). The average molecular weight is 279 g/mol. The number of benzene rings is 1. The zero-order valence-electron chi connectivity index (χ0n) is 11.7. The molecule has 106 valence electrons. The van der Waals surface area contributed by atoms with Crippen molar-refractivity contribution >= 4 is 11.5 Å². The van der Waals surface area contributed by atoms with Gasteiger partial charge in [0.1, 0.15) is 0 Å². The fourth-order valence-corrected chi connectivity index (χ4v) is 2.98. The third-order valence-corrected chi connectivity index (χ3v) is 4.05. The van der Waals surface area contributed by atoms with Crippen molar-refractivity contribution in [3.8, 4) is 11.4 Å². The average Bonchev–Trinajstić information content (AvgIpc) is 3.18. The minimum absolute atomic E-state index is 0.514. The molecule has 1 fully saturated rings. The second kappa shape index (κ2) is 5.16. The van der Waals surface area contributed by atoms with E-state index in [0.29, 0.717) is 6.04 Å². The molecule has 0 saturated heterocycles. The monoisotopic (exact) mass is 279 g/mol. The van der Waals surface area contributed by atoms with E-state index in [4.69, 9.17) is 0 Å². The molecule has 0 radical (unpaired) electrons. The smallest absolute Gasteiger partial charge is 0.203 e. The molecular formula is C16H17N5. The van der Waals surface area contributed by atoms with E-state index in [1.54, 1.807) is 6.20 Å². The molecule has 1 saturated carbocycles. The van der Waals surface area contributed by atoms with Gasteiger partial charge >= 0.3 is 0 Å². The van der Waals surface area contributed by atoms with Crippen LogP contribution in [-0.4, -0.2) is 25.6 Å². The highest BCUT2D eigenvalue weighted by atomic mass is 15.3. The van der Waals surface area contributed by atoms with Crippen LogP contribution < -0.4 is 5.32 Å². The van der Waals surface area contributed by atoms with E-state index in [9.17, 15) is 0 Å². The Kier molecular flexibility index (Phi) is 3.03. The van der Waals surface area contributed by atoms with Crippen LogP contribution in [0.25, 0.3) is 17.0 Å². The fourth-order valence-electron chi connectivity index (χ4n) is 2.98. The molecule has 5 nitrogen and oxygen atoms in total. The summed E-state index contributed by atoms with van der Waals surface area (Å²) in [6.45, 7) is 0. The van der Waals surface area contributed by atoms with Gasteiger partial charge in [-0.15, -0.1) is 10.2 Å². The molecule has 0 bridgehead atoms. The molecule has 0 amide bonds. The number of anilines is 1. The molecular weight excluding hydrogens is 262 g/mol. The summed E-state index contributed by atoms with van der Waals surface area (Å²) < 4.78 is 2.00. The predicted molar refractivity (Wildman–Crippen MR) is 82.1 cm³/mol. The molecule has 1 aliphatic rings. The zero-order valence-corrected chi connectivity index (χ0v) is 11.7. The molecule has 0 unspecified atom stereocenters. The summed E-state index contributed by atoms with van der Waals surface area (Å²) in [5.74, 6) is 1.68. The third-order valence-electron chi connectivity index (χ3n) is 4.05. The maximum Gasteiger partial charge on any atom is 0.203 e. The molecule has 1 N–H and O–H groups in total. The van der Waals surface area contributed by atoms with Crippen LogP contribution in [0.3, 0.4) is 0 Å². The second-order valence-electron chi connectivity index (χ2n) is 5.48. The molecule has 2 heterocycles. The van der Waals surface area contributed by atoms with Crippen LogP contribution in [0.15, 0.2) is 42.7 Å². The van der Waals surface area contributed by atoms with E-state index in [1.165, 1.54) is 25.7 Å². The number of hydrogen-bond donors (Lipinski definition) is 1. The molecule has 0 spiro atoms. The summed E-state index contributed by atoms with van der Waals surface area (Å²) in [7, 11) is 0. The lowest BCUT2D eigenvalue weighted by Gasteiger charge is -2.12. The Labute approximate surface area is 123 Å². The van der Waals surface area contributed by atoms with Gasteiger partial charge in [0.15, 0.2) is 11.6 Å². The van der Waals surface area contributed by atoms with Gasteiger partial charge in [0.2, 0.25) is 5.65 Å². The van der Waals surface area contributed by atoms with Gasteiger partial charge in [-0.3, -0.25) is 4.40 Å². The van der Waals surface area contributed by atoms with Gasteiger partial charge in [0.05, 0.1) is 0 Å². The topological polar surface area (TPSA) is 55.1 Å². The van der Waals surface area contributed by atoms with E-state index < -0.39 is 0 Å². The molecule has 1 aromatic carbocycles. The molecule has 1 aliphatic carbocycles. The van der Waals surface area contributed by atoms with E-state index in [0.717, 1.165) is 22.9 Å². The summed E-state index contributed by atoms with van der Waals surface area (Å²) in [6.07, 6.45) is 8.73. The normalized spacial score (nSPS) is 15.6. The SMILES string of the molecule is c1ccc(-c2nnc3c(NC4CCCC4)nccn23)cc1. The maximum atomic E-state index is 4.44. The number of nitrogens with zero attached hydrogens (tertiary/aromatic N) is 4. The van der Waals surface area contributed by atoms with Crippen molar-refractivity contribution in [3.63, 3.8) is 0 Å². The van der Waals surface area contributed by atoms with Crippen molar-refractivity contribution < 1.29 is 0 Å². The van der Waals surface area contributed by atoms with Crippen molar-refractivity contribution in [2.45, 2.75) is 31.7 Å². The Morgan fingerprint density at radius 2 is 1.86 bits per heavy atom. The van der Waals surface area contributed by atoms with Gasteiger partial charge < -0.3 is 5.32 Å². The van der Waals surface area contributed by atoms with Crippen LogP contribution in [0.5, 0.6) is 0 Å². The number of nitrogens with one attached hydrogen (secondary N) is 1. The molecule has 0 aliphatic heterocycles. The van der Waals surface area contributed by atoms with E-state index in [-0.39, 0.29) is 0 Å². The van der Waals surface area contributed by atoms with Gasteiger partial charge in [-0.1, -0.05) is 43.2 Å². The van der Waals surface area contributed by atoms with Crippen LogP contribution in [0, 0.1) is 0 Å². The van der Waals surface area contributed by atoms with E-state index in [1.807, 2.05) is 40.9 Å². The highest BCUT2D eigenvalue weighted by molar-refractivity contribution is 5.67. The second-order valence-corrected chi connectivity index (χ2v) is 5.48. The lowest BCUT2D eigenvalue weighted by molar-refractivity contribution is 0.750. The van der Waals surface area contributed by atoms with Crippen molar-refractivity contribution in [1.29, 1.82) is 0 Å². The first-order valence-corrected chi connectivity index (χ1v) is 7.43. The lowest BCUT2D eigenvalue weighted by Crippen LogP contribution is -2.16. The first-order chi connectivity index (χ1) is 10.4. The number of fused-ring (bicyclic) bond motifs is 1. The number of aromatic nitrogens is 4. The third kappa shape index (κ3) is 2.24. The highest BCUT2D eigenvalue weighted by Gasteiger charge is 2.18. The molecule has 5 heteroatoms. The van der Waals surface area contributed by atoms with Gasteiger partial charge in [-0.2, -0.15) is 0 Å². The molecule has 21 heavy (non-hydrogen) atoms. The Morgan fingerprint density at radius 3 is 2.67 bits per heavy atom. The van der Waals surface area contributed by atoms with E-state index >= 15 is 0 Å². The predicted octanol–water partition coefficient (Wildman–Crippen LogP) is 3.15. The Hall–Kier alpha value is -2.43. The van der Waals surface area contributed by atoms with Crippen LogP contribution in [-0.2, 0) is 0 Å². The van der Waals surface area contributed by atoms with Crippen molar-refractivity contribution in [1.82, 2.24) is 19.6 Å². The van der Waals surface area contributed by atoms with Gasteiger partial charge in [0.25, 0.3) is 0 Å². The zero-order chi connectivity index (χ0) is 14.1. The number of hydrogen-bond acceptors (Lipinski definition) is 4. The fraction of sp³-hybridized carbons (Fsp3) is 0.312. The first-order valence-electron chi connectivity index (χ1n) is 7.43. The molecule has 0 atom stereocenters. The van der Waals surface area contributed by atoms with Crippen LogP contribution >= 0.6 is 0 Å². The summed E-state index contributed by atoms with van der Waals surface area (Å²) in [5, 5.41) is 12.2. The Morgan fingerprint density at radius 1 is 1.05 bits per heavy atom. The van der Waals surface area contributed by atoms with Gasteiger partial charge in [0, 0.05) is 24.0 Å². The largest absolute Gasteiger partial charge is 0.364 e. The van der Waals surface area contributed by atoms with Gasteiger partial charge in [-0.25, -0.2) is 4.98 Å². The highest BCUT2D eigenvalue weighted by Crippen LogP contribution is 2.25. The van der Waals surface area contributed by atoms with Crippen LogP contribution in [0.1, 0.15) is 25.7 Å². The minimum Gasteiger partial charge on any atom is -0.364 e. The summed E-state index contributed by atoms with van der Waals surface area (Å²) in [4.78, 5) is 4.44. The first kappa shape index (κ1) is 12.3. The van der Waals surface area contributed by atoms with E-state index in [2.05, 4.69) is 20.5 Å². The molecule has 3 aromatic rings. The van der Waals surface area contributed by atoms with Crippen molar-refractivity contribution in [2.75, 3.05) is 5.32 Å². The lowest BCUT2D eigenvalue weighted by atomic mass is 10.2. The molecule has 2 aromatic heterocycles. The Balaban J connectivity index is 1.75. The quantitative estimate of drug-likeness (QED) is 0.800. The molecule has 4 rings (SSSR count). The Bertz CT molecular complexity index is 744. The number of rotatable bonds is 3.